The minimum absolute atomic E-state index is 0.323. The van der Waals surface area contributed by atoms with E-state index >= 15 is 0 Å². The number of nitrogens with two attached hydrogens (primary N) is 1. The van der Waals surface area contributed by atoms with Gasteiger partial charge in [0.1, 0.15) is 5.82 Å². The molecule has 6 nitrogen and oxygen atoms in total. The molecule has 0 bridgehead atoms. The van der Waals surface area contributed by atoms with Crippen molar-refractivity contribution in [3.8, 4) is 5.69 Å². The molecule has 88 valence electrons. The molecule has 0 atom stereocenters. The molecule has 0 fully saturated rings. The van der Waals surface area contributed by atoms with Crippen molar-refractivity contribution in [2.45, 2.75) is 6.92 Å². The molecular weight excluding hydrogens is 220 g/mol. The summed E-state index contributed by atoms with van der Waals surface area (Å²) in [6, 6.07) is 3.41. The molecule has 0 aromatic carbocycles. The van der Waals surface area contributed by atoms with Gasteiger partial charge in [0.05, 0.1) is 31.0 Å². The Hall–Kier alpha value is -2.37. The van der Waals surface area contributed by atoms with Crippen LogP contribution in [0.25, 0.3) is 5.69 Å². The van der Waals surface area contributed by atoms with Gasteiger partial charge >= 0.3 is 5.97 Å². The predicted octanol–water partition coefficient (Wildman–Crippen LogP) is 1.03. The van der Waals surface area contributed by atoms with E-state index in [1.54, 1.807) is 29.8 Å². The lowest BCUT2D eigenvalue weighted by atomic mass is 10.3. The second kappa shape index (κ2) is 4.65. The van der Waals surface area contributed by atoms with Crippen LogP contribution in [0.5, 0.6) is 0 Å². The van der Waals surface area contributed by atoms with Crippen molar-refractivity contribution in [3.63, 3.8) is 0 Å². The summed E-state index contributed by atoms with van der Waals surface area (Å²) in [5, 5.41) is 0. The van der Waals surface area contributed by atoms with Crippen LogP contribution in [0.3, 0.4) is 0 Å². The maximum absolute atomic E-state index is 11.6. The van der Waals surface area contributed by atoms with Crippen LogP contribution >= 0.6 is 0 Å². The molecule has 2 N–H and O–H groups in total. The SMILES string of the molecule is CCOC(=O)c1cncn1-c1ccc(N)nc1. The minimum atomic E-state index is -0.415. The molecule has 0 unspecified atom stereocenters. The molecule has 2 heterocycles. The average molecular weight is 232 g/mol. The Bertz CT molecular complexity index is 519. The average Bonchev–Trinajstić information content (AvgIpc) is 2.79. The molecule has 0 aliphatic carbocycles. The maximum Gasteiger partial charge on any atom is 0.356 e. The summed E-state index contributed by atoms with van der Waals surface area (Å²) in [6.45, 7) is 2.08. The van der Waals surface area contributed by atoms with E-state index in [2.05, 4.69) is 9.97 Å². The molecule has 17 heavy (non-hydrogen) atoms. The molecule has 2 aromatic heterocycles. The van der Waals surface area contributed by atoms with Gasteiger partial charge in [0, 0.05) is 0 Å². The van der Waals surface area contributed by atoms with E-state index in [4.69, 9.17) is 10.5 Å². The van der Waals surface area contributed by atoms with Crippen LogP contribution in [0.2, 0.25) is 0 Å². The van der Waals surface area contributed by atoms with Crippen LogP contribution in [-0.4, -0.2) is 27.1 Å². The second-order valence-corrected chi connectivity index (χ2v) is 3.31. The number of pyridine rings is 1. The monoisotopic (exact) mass is 232 g/mol. The van der Waals surface area contributed by atoms with Crippen molar-refractivity contribution in [2.75, 3.05) is 12.3 Å². The summed E-state index contributed by atoms with van der Waals surface area (Å²) >= 11 is 0. The van der Waals surface area contributed by atoms with Gasteiger partial charge in [0.25, 0.3) is 0 Å². The van der Waals surface area contributed by atoms with Crippen molar-refractivity contribution < 1.29 is 9.53 Å². The summed E-state index contributed by atoms with van der Waals surface area (Å²) in [4.78, 5) is 19.5. The Kier molecular flexibility index (Phi) is 3.04. The number of imidazole rings is 1. The Labute approximate surface area is 98.1 Å². The van der Waals surface area contributed by atoms with Crippen LogP contribution in [-0.2, 0) is 4.74 Å². The smallest absolute Gasteiger partial charge is 0.356 e. The second-order valence-electron chi connectivity index (χ2n) is 3.31. The van der Waals surface area contributed by atoms with Gasteiger partial charge in [0.2, 0.25) is 0 Å². The molecule has 0 spiro atoms. The van der Waals surface area contributed by atoms with Gasteiger partial charge in [-0.25, -0.2) is 14.8 Å². The number of aromatic nitrogens is 3. The maximum atomic E-state index is 11.6. The Morgan fingerprint density at radius 2 is 2.29 bits per heavy atom. The number of anilines is 1. The first kappa shape index (κ1) is 11.1. The molecule has 0 aliphatic heterocycles. The third-order valence-electron chi connectivity index (χ3n) is 2.17. The number of nitrogen functional groups attached to an aromatic ring is 1. The summed E-state index contributed by atoms with van der Waals surface area (Å²) < 4.78 is 6.53. The lowest BCUT2D eigenvalue weighted by Crippen LogP contribution is -2.10. The molecule has 6 heteroatoms. The van der Waals surface area contributed by atoms with Gasteiger partial charge in [0.15, 0.2) is 5.69 Å². The molecule has 0 saturated heterocycles. The first-order chi connectivity index (χ1) is 8.22. The quantitative estimate of drug-likeness (QED) is 0.799. The minimum Gasteiger partial charge on any atom is -0.461 e. The van der Waals surface area contributed by atoms with Gasteiger partial charge in [-0.2, -0.15) is 0 Å². The Balaban J connectivity index is 2.36. The number of esters is 1. The first-order valence-corrected chi connectivity index (χ1v) is 5.13. The van der Waals surface area contributed by atoms with Crippen LogP contribution in [0, 0.1) is 0 Å². The number of rotatable bonds is 3. The van der Waals surface area contributed by atoms with Gasteiger partial charge in [-0.3, -0.25) is 4.57 Å². The van der Waals surface area contributed by atoms with Crippen molar-refractivity contribution in [1.29, 1.82) is 0 Å². The number of hydrogen-bond acceptors (Lipinski definition) is 5. The lowest BCUT2D eigenvalue weighted by molar-refractivity contribution is 0.0517. The third kappa shape index (κ3) is 2.25. The molecule has 0 radical (unpaired) electrons. The van der Waals surface area contributed by atoms with Crippen molar-refractivity contribution in [3.05, 3.63) is 36.5 Å². The number of hydrogen-bond donors (Lipinski definition) is 1. The fourth-order valence-electron chi connectivity index (χ4n) is 1.40. The Morgan fingerprint density at radius 1 is 1.47 bits per heavy atom. The van der Waals surface area contributed by atoms with E-state index in [1.165, 1.54) is 12.5 Å². The number of carbonyl (C=O) groups excluding carboxylic acids is 1. The Morgan fingerprint density at radius 3 is 2.94 bits per heavy atom. The highest BCUT2D eigenvalue weighted by Gasteiger charge is 2.13. The molecule has 2 aromatic rings. The van der Waals surface area contributed by atoms with Crippen molar-refractivity contribution in [2.24, 2.45) is 0 Å². The fraction of sp³-hybridized carbons (Fsp3) is 0.182. The van der Waals surface area contributed by atoms with Gasteiger partial charge in [-0.1, -0.05) is 0 Å². The summed E-state index contributed by atoms with van der Waals surface area (Å²) in [5.41, 5.74) is 6.57. The number of carbonyl (C=O) groups is 1. The van der Waals surface area contributed by atoms with E-state index in [0.717, 1.165) is 0 Å². The topological polar surface area (TPSA) is 83.0 Å². The van der Waals surface area contributed by atoms with E-state index in [1.807, 2.05) is 0 Å². The number of ether oxygens (including phenoxy) is 1. The molecule has 0 amide bonds. The predicted molar refractivity (Wildman–Crippen MR) is 61.7 cm³/mol. The van der Waals surface area contributed by atoms with Crippen LogP contribution in [0.15, 0.2) is 30.9 Å². The normalized spacial score (nSPS) is 10.2. The molecular formula is C11H12N4O2. The molecule has 2 rings (SSSR count). The molecule has 0 saturated carbocycles. The standard InChI is InChI=1S/C11H12N4O2/c1-2-17-11(16)9-6-13-7-15(9)8-3-4-10(12)14-5-8/h3-7H,2H2,1H3,(H2,12,14). The van der Waals surface area contributed by atoms with Crippen LogP contribution in [0.1, 0.15) is 17.4 Å². The summed E-state index contributed by atoms with van der Waals surface area (Å²) in [7, 11) is 0. The van der Waals surface area contributed by atoms with E-state index in [0.29, 0.717) is 23.8 Å². The van der Waals surface area contributed by atoms with Crippen LogP contribution in [0.4, 0.5) is 5.82 Å². The van der Waals surface area contributed by atoms with E-state index in [-0.39, 0.29) is 0 Å². The van der Waals surface area contributed by atoms with Gasteiger partial charge in [-0.05, 0) is 19.1 Å². The fourth-order valence-corrected chi connectivity index (χ4v) is 1.40. The summed E-state index contributed by atoms with van der Waals surface area (Å²) in [5.74, 6) is 0.00775. The third-order valence-corrected chi connectivity index (χ3v) is 2.17. The number of nitrogens with zero attached hydrogens (tertiary/aromatic N) is 3. The van der Waals surface area contributed by atoms with Gasteiger partial charge < -0.3 is 10.5 Å². The van der Waals surface area contributed by atoms with Gasteiger partial charge in [-0.15, -0.1) is 0 Å². The zero-order valence-electron chi connectivity index (χ0n) is 9.33. The highest BCUT2D eigenvalue weighted by Crippen LogP contribution is 2.12. The van der Waals surface area contributed by atoms with Crippen molar-refractivity contribution >= 4 is 11.8 Å². The lowest BCUT2D eigenvalue weighted by Gasteiger charge is -2.06. The molecule has 0 aliphatic rings. The highest BCUT2D eigenvalue weighted by atomic mass is 16.5. The van der Waals surface area contributed by atoms with E-state index < -0.39 is 5.97 Å². The highest BCUT2D eigenvalue weighted by molar-refractivity contribution is 5.88. The van der Waals surface area contributed by atoms with E-state index in [9.17, 15) is 4.79 Å². The zero-order valence-corrected chi connectivity index (χ0v) is 9.33. The zero-order chi connectivity index (χ0) is 12.3. The first-order valence-electron chi connectivity index (χ1n) is 5.13. The summed E-state index contributed by atoms with van der Waals surface area (Å²) in [6.07, 6.45) is 4.55. The van der Waals surface area contributed by atoms with Crippen molar-refractivity contribution in [1.82, 2.24) is 14.5 Å². The largest absolute Gasteiger partial charge is 0.461 e. The van der Waals surface area contributed by atoms with Crippen LogP contribution < -0.4 is 5.73 Å².